The van der Waals surface area contributed by atoms with Crippen molar-refractivity contribution in [2.45, 2.75) is 13.0 Å². The van der Waals surface area contributed by atoms with Crippen molar-refractivity contribution in [2.75, 3.05) is 0 Å². The van der Waals surface area contributed by atoms with Crippen molar-refractivity contribution in [2.24, 2.45) is 0 Å². The van der Waals surface area contributed by atoms with E-state index in [1.807, 2.05) is 59.3 Å². The number of H-pyrrole nitrogens is 1. The minimum atomic E-state index is -0.250. The molecule has 0 fully saturated rings. The number of fused-ring (bicyclic) bond motifs is 1. The summed E-state index contributed by atoms with van der Waals surface area (Å²) < 4.78 is 7.73. The van der Waals surface area contributed by atoms with Gasteiger partial charge < -0.3 is 14.2 Å². The molecule has 4 aromatic rings. The molecule has 7 heteroatoms. The van der Waals surface area contributed by atoms with E-state index in [-0.39, 0.29) is 10.8 Å². The number of imidazole rings is 1. The van der Waals surface area contributed by atoms with Gasteiger partial charge >= 0.3 is 4.87 Å². The summed E-state index contributed by atoms with van der Waals surface area (Å²) in [5, 5.41) is 9.64. The van der Waals surface area contributed by atoms with Gasteiger partial charge in [-0.2, -0.15) is 0 Å². The number of ether oxygens (including phenoxy) is 1. The van der Waals surface area contributed by atoms with Crippen LogP contribution in [0.3, 0.4) is 0 Å². The molecule has 126 valence electrons. The van der Waals surface area contributed by atoms with Gasteiger partial charge in [0.15, 0.2) is 0 Å². The molecule has 0 atom stereocenters. The Hall–Kier alpha value is -3.06. The maximum absolute atomic E-state index is 11.2. The van der Waals surface area contributed by atoms with Crippen LogP contribution in [0, 0.1) is 0 Å². The number of benzene rings is 1. The molecule has 0 aliphatic heterocycles. The number of pyridine rings is 1. The van der Waals surface area contributed by atoms with Gasteiger partial charge in [0.05, 0.1) is 10.6 Å². The number of aromatic nitrogens is 3. The lowest BCUT2D eigenvalue weighted by Gasteiger charge is -2.05. The molecule has 0 bridgehead atoms. The zero-order chi connectivity index (χ0) is 17.2. The van der Waals surface area contributed by atoms with Crippen LogP contribution in [0.2, 0.25) is 0 Å². The van der Waals surface area contributed by atoms with Crippen molar-refractivity contribution in [3.63, 3.8) is 0 Å². The number of thiazole rings is 1. The number of nitrogens with zero attached hydrogens (tertiary/aromatic N) is 2. The first kappa shape index (κ1) is 15.5. The number of aromatic hydroxyl groups is 1. The predicted molar refractivity (Wildman–Crippen MR) is 95.4 cm³/mol. The van der Waals surface area contributed by atoms with Crippen molar-refractivity contribution in [3.8, 4) is 11.6 Å². The Morgan fingerprint density at radius 2 is 2.04 bits per heavy atom. The standard InChI is InChI=1S/C18H15N3O3S/c22-17-15(25-18(23)20-17)9-12-4-6-14(7-5-12)24-11-13-10-21-8-2-1-3-16(21)19-13/h1-8,10,22H,9,11H2,(H,20,23). The van der Waals surface area contributed by atoms with Gasteiger partial charge in [-0.05, 0) is 29.8 Å². The third-order valence-electron chi connectivity index (χ3n) is 3.79. The average Bonchev–Trinajstić information content (AvgIpc) is 3.16. The average molecular weight is 353 g/mol. The highest BCUT2D eigenvalue weighted by Gasteiger charge is 2.08. The Kier molecular flexibility index (Phi) is 3.99. The second-order valence-corrected chi connectivity index (χ2v) is 6.66. The summed E-state index contributed by atoms with van der Waals surface area (Å²) >= 11 is 1.02. The zero-order valence-electron chi connectivity index (χ0n) is 13.2. The molecular formula is C18H15N3O3S. The molecule has 3 aromatic heterocycles. The Labute approximate surface area is 147 Å². The second-order valence-electron chi connectivity index (χ2n) is 5.59. The molecule has 4 rings (SSSR count). The summed E-state index contributed by atoms with van der Waals surface area (Å²) in [6.45, 7) is 0.390. The van der Waals surface area contributed by atoms with Gasteiger partial charge in [-0.15, -0.1) is 0 Å². The highest BCUT2D eigenvalue weighted by molar-refractivity contribution is 7.09. The quantitative estimate of drug-likeness (QED) is 0.578. The molecule has 0 amide bonds. The molecule has 0 aliphatic carbocycles. The van der Waals surface area contributed by atoms with Crippen molar-refractivity contribution in [3.05, 3.63) is 80.7 Å². The fourth-order valence-electron chi connectivity index (χ4n) is 2.57. The second kappa shape index (κ2) is 6.45. The smallest absolute Gasteiger partial charge is 0.307 e. The summed E-state index contributed by atoms with van der Waals surface area (Å²) in [5.74, 6) is 0.689. The molecule has 0 aliphatic rings. The van der Waals surface area contributed by atoms with Crippen molar-refractivity contribution in [1.29, 1.82) is 0 Å². The van der Waals surface area contributed by atoms with E-state index in [2.05, 4.69) is 9.97 Å². The van der Waals surface area contributed by atoms with E-state index < -0.39 is 0 Å². The Morgan fingerprint density at radius 3 is 2.76 bits per heavy atom. The zero-order valence-corrected chi connectivity index (χ0v) is 14.0. The summed E-state index contributed by atoms with van der Waals surface area (Å²) in [6, 6.07) is 13.4. The number of rotatable bonds is 5. The molecule has 0 radical (unpaired) electrons. The third kappa shape index (κ3) is 3.41. The van der Waals surface area contributed by atoms with E-state index in [1.165, 1.54) is 0 Å². The summed E-state index contributed by atoms with van der Waals surface area (Å²) in [5.41, 5.74) is 2.74. The molecule has 0 saturated carbocycles. The molecule has 6 nitrogen and oxygen atoms in total. The minimum Gasteiger partial charge on any atom is -0.494 e. The lowest BCUT2D eigenvalue weighted by molar-refractivity contribution is 0.302. The maximum Gasteiger partial charge on any atom is 0.307 e. The monoisotopic (exact) mass is 353 g/mol. The van der Waals surface area contributed by atoms with Gasteiger partial charge in [0.1, 0.15) is 18.0 Å². The number of hydrogen-bond donors (Lipinski definition) is 2. The van der Waals surface area contributed by atoms with E-state index in [4.69, 9.17) is 4.74 Å². The van der Waals surface area contributed by atoms with E-state index in [0.717, 1.165) is 34.0 Å². The number of nitrogens with one attached hydrogen (secondary N) is 1. The Balaban J connectivity index is 1.41. The molecule has 2 N–H and O–H groups in total. The van der Waals surface area contributed by atoms with Gasteiger partial charge in [-0.3, -0.25) is 9.78 Å². The van der Waals surface area contributed by atoms with Gasteiger partial charge in [0, 0.05) is 18.8 Å². The first-order valence-electron chi connectivity index (χ1n) is 7.73. The van der Waals surface area contributed by atoms with E-state index in [0.29, 0.717) is 17.9 Å². The molecule has 3 heterocycles. The van der Waals surface area contributed by atoms with Crippen LogP contribution in [-0.4, -0.2) is 19.5 Å². The summed E-state index contributed by atoms with van der Waals surface area (Å²) in [6.07, 6.45) is 4.40. The lowest BCUT2D eigenvalue weighted by atomic mass is 10.1. The highest BCUT2D eigenvalue weighted by Crippen LogP contribution is 2.22. The fourth-order valence-corrected chi connectivity index (χ4v) is 3.33. The maximum atomic E-state index is 11.2. The molecule has 1 aromatic carbocycles. The van der Waals surface area contributed by atoms with Gasteiger partial charge in [0.2, 0.25) is 5.88 Å². The van der Waals surface area contributed by atoms with E-state index in [9.17, 15) is 9.90 Å². The van der Waals surface area contributed by atoms with Crippen LogP contribution in [0.25, 0.3) is 5.65 Å². The van der Waals surface area contributed by atoms with Crippen LogP contribution in [0.4, 0.5) is 0 Å². The largest absolute Gasteiger partial charge is 0.494 e. The minimum absolute atomic E-state index is 0.0535. The highest BCUT2D eigenvalue weighted by atomic mass is 32.1. The van der Waals surface area contributed by atoms with Crippen molar-refractivity contribution >= 4 is 17.0 Å². The topological polar surface area (TPSA) is 79.6 Å². The Morgan fingerprint density at radius 1 is 1.20 bits per heavy atom. The van der Waals surface area contributed by atoms with Gasteiger partial charge in [-0.1, -0.05) is 29.5 Å². The van der Waals surface area contributed by atoms with E-state index >= 15 is 0 Å². The first-order valence-corrected chi connectivity index (χ1v) is 8.54. The van der Waals surface area contributed by atoms with Crippen LogP contribution in [0.15, 0.2) is 59.7 Å². The van der Waals surface area contributed by atoms with Crippen LogP contribution in [0.5, 0.6) is 11.6 Å². The predicted octanol–water partition coefficient (Wildman–Crippen LogP) is 2.96. The van der Waals surface area contributed by atoms with Crippen molar-refractivity contribution < 1.29 is 9.84 Å². The molecule has 25 heavy (non-hydrogen) atoms. The number of hydrogen-bond acceptors (Lipinski definition) is 5. The first-order chi connectivity index (χ1) is 12.2. The lowest BCUT2D eigenvalue weighted by Crippen LogP contribution is -1.96. The van der Waals surface area contributed by atoms with Crippen LogP contribution >= 0.6 is 11.3 Å². The summed E-state index contributed by atoms with van der Waals surface area (Å²) in [4.78, 5) is 18.5. The third-order valence-corrected chi connectivity index (χ3v) is 4.66. The van der Waals surface area contributed by atoms with Crippen LogP contribution < -0.4 is 9.61 Å². The molecule has 0 spiro atoms. The van der Waals surface area contributed by atoms with Crippen LogP contribution in [-0.2, 0) is 13.0 Å². The van der Waals surface area contributed by atoms with Crippen LogP contribution in [0.1, 0.15) is 16.1 Å². The molecule has 0 unspecified atom stereocenters. The molecular weight excluding hydrogens is 338 g/mol. The fraction of sp³-hybridized carbons (Fsp3) is 0.111. The molecule has 0 saturated heterocycles. The number of aromatic amines is 1. The Bertz CT molecular complexity index is 1030. The SMILES string of the molecule is O=c1[nH]c(O)c(Cc2ccc(OCc3cn4ccccc4n3)cc2)s1. The normalized spacial score (nSPS) is 11.0. The van der Waals surface area contributed by atoms with Crippen molar-refractivity contribution in [1.82, 2.24) is 14.4 Å². The summed E-state index contributed by atoms with van der Waals surface area (Å²) in [7, 11) is 0. The van der Waals surface area contributed by atoms with E-state index in [1.54, 1.807) is 0 Å². The van der Waals surface area contributed by atoms with Gasteiger partial charge in [-0.25, -0.2) is 4.98 Å². The van der Waals surface area contributed by atoms with Gasteiger partial charge in [0.25, 0.3) is 0 Å².